The number of hydrogen-bond donors (Lipinski definition) is 1. The molecule has 17 heavy (non-hydrogen) atoms. The highest BCUT2D eigenvalue weighted by Gasteiger charge is 2.60. The quantitative estimate of drug-likeness (QED) is 0.860. The third-order valence-electron chi connectivity index (χ3n) is 3.38. The van der Waals surface area contributed by atoms with E-state index in [9.17, 15) is 13.2 Å². The predicted molar refractivity (Wildman–Crippen MR) is 55.7 cm³/mol. The van der Waals surface area contributed by atoms with Crippen LogP contribution in [0.15, 0.2) is 0 Å². The van der Waals surface area contributed by atoms with Crippen molar-refractivity contribution in [3.63, 3.8) is 0 Å². The van der Waals surface area contributed by atoms with Crippen molar-refractivity contribution in [2.24, 2.45) is 0 Å². The Labute approximate surface area is 97.2 Å². The van der Waals surface area contributed by atoms with Crippen LogP contribution in [0.1, 0.15) is 25.0 Å². The molecular formula is C10H15F3N4. The molecule has 0 amide bonds. The van der Waals surface area contributed by atoms with Crippen molar-refractivity contribution < 1.29 is 13.2 Å². The summed E-state index contributed by atoms with van der Waals surface area (Å²) in [6.45, 7) is 4.16. The predicted octanol–water partition coefficient (Wildman–Crippen LogP) is 1.40. The van der Waals surface area contributed by atoms with E-state index >= 15 is 0 Å². The number of nitrogens with one attached hydrogen (secondary N) is 1. The number of rotatable bonds is 2. The molecule has 0 saturated carbocycles. The minimum atomic E-state index is -4.30. The standard InChI is InChI=1S/C10H15F3N4/c1-3-17-7(2)15-16-8(17)9(10(11,12)13)4-5-14-6-9/h14H,3-6H2,1-2H3. The minimum Gasteiger partial charge on any atom is -0.315 e. The van der Waals surface area contributed by atoms with Gasteiger partial charge in [-0.05, 0) is 26.8 Å². The lowest BCUT2D eigenvalue weighted by atomic mass is 9.85. The van der Waals surface area contributed by atoms with E-state index in [2.05, 4.69) is 15.5 Å². The first-order valence-corrected chi connectivity index (χ1v) is 5.60. The SMILES string of the molecule is CCn1c(C)nnc1C1(C(F)(F)F)CCNC1. The fraction of sp³-hybridized carbons (Fsp3) is 0.800. The van der Waals surface area contributed by atoms with Crippen LogP contribution in [0.2, 0.25) is 0 Å². The maximum atomic E-state index is 13.3. The van der Waals surface area contributed by atoms with Crippen LogP contribution in [-0.2, 0) is 12.0 Å². The average molecular weight is 248 g/mol. The van der Waals surface area contributed by atoms with E-state index in [1.807, 2.05) is 0 Å². The zero-order valence-electron chi connectivity index (χ0n) is 9.80. The summed E-state index contributed by atoms with van der Waals surface area (Å²) in [5.74, 6) is 0.563. The van der Waals surface area contributed by atoms with Gasteiger partial charge in [-0.25, -0.2) is 0 Å². The topological polar surface area (TPSA) is 42.7 Å². The molecule has 1 aromatic rings. The van der Waals surface area contributed by atoms with Gasteiger partial charge in [-0.2, -0.15) is 13.2 Å². The molecule has 2 rings (SSSR count). The summed E-state index contributed by atoms with van der Waals surface area (Å²) in [5, 5.41) is 10.3. The number of aromatic nitrogens is 3. The molecule has 0 aliphatic carbocycles. The molecule has 1 aliphatic rings. The zero-order valence-corrected chi connectivity index (χ0v) is 9.80. The monoisotopic (exact) mass is 248 g/mol. The Morgan fingerprint density at radius 3 is 2.59 bits per heavy atom. The molecule has 1 atom stereocenters. The van der Waals surface area contributed by atoms with Crippen molar-refractivity contribution >= 4 is 0 Å². The lowest BCUT2D eigenvalue weighted by Gasteiger charge is -2.30. The van der Waals surface area contributed by atoms with E-state index in [1.165, 1.54) is 0 Å². The second-order valence-electron chi connectivity index (χ2n) is 4.32. The van der Waals surface area contributed by atoms with E-state index in [1.54, 1.807) is 18.4 Å². The van der Waals surface area contributed by atoms with E-state index in [0.29, 0.717) is 18.9 Å². The van der Waals surface area contributed by atoms with Crippen molar-refractivity contribution in [3.8, 4) is 0 Å². The summed E-state index contributed by atoms with van der Waals surface area (Å²) in [6.07, 6.45) is -4.28. The Morgan fingerprint density at radius 1 is 1.41 bits per heavy atom. The van der Waals surface area contributed by atoms with E-state index in [0.717, 1.165) is 0 Å². The molecule has 1 unspecified atom stereocenters. The van der Waals surface area contributed by atoms with Gasteiger partial charge in [0.15, 0.2) is 0 Å². The van der Waals surface area contributed by atoms with Gasteiger partial charge in [0.25, 0.3) is 0 Å². The van der Waals surface area contributed by atoms with Gasteiger partial charge in [0.1, 0.15) is 17.1 Å². The van der Waals surface area contributed by atoms with Gasteiger partial charge in [0.05, 0.1) is 0 Å². The molecule has 1 N–H and O–H groups in total. The molecule has 1 aliphatic heterocycles. The first-order chi connectivity index (χ1) is 7.92. The summed E-state index contributed by atoms with van der Waals surface area (Å²) in [6, 6.07) is 0. The Balaban J connectivity index is 2.54. The highest BCUT2D eigenvalue weighted by molar-refractivity contribution is 5.18. The number of alkyl halides is 3. The van der Waals surface area contributed by atoms with Crippen LogP contribution in [-0.4, -0.2) is 34.0 Å². The highest BCUT2D eigenvalue weighted by Crippen LogP contribution is 2.44. The molecule has 1 fully saturated rings. The van der Waals surface area contributed by atoms with Crippen LogP contribution in [0, 0.1) is 6.92 Å². The van der Waals surface area contributed by atoms with Crippen LogP contribution in [0.25, 0.3) is 0 Å². The van der Waals surface area contributed by atoms with Gasteiger partial charge in [-0.3, -0.25) is 0 Å². The minimum absolute atomic E-state index is 0.0225. The Kier molecular flexibility index (Phi) is 2.89. The van der Waals surface area contributed by atoms with E-state index in [4.69, 9.17) is 0 Å². The van der Waals surface area contributed by atoms with Crippen LogP contribution in [0.3, 0.4) is 0 Å². The smallest absolute Gasteiger partial charge is 0.315 e. The highest BCUT2D eigenvalue weighted by atomic mass is 19.4. The molecule has 0 bridgehead atoms. The molecule has 7 heteroatoms. The third-order valence-corrected chi connectivity index (χ3v) is 3.38. The first-order valence-electron chi connectivity index (χ1n) is 5.60. The average Bonchev–Trinajstić information content (AvgIpc) is 2.82. The van der Waals surface area contributed by atoms with Crippen molar-refractivity contribution in [1.82, 2.24) is 20.1 Å². The van der Waals surface area contributed by atoms with Crippen LogP contribution >= 0.6 is 0 Å². The number of nitrogens with zero attached hydrogens (tertiary/aromatic N) is 3. The normalized spacial score (nSPS) is 25.5. The third kappa shape index (κ3) is 1.72. The van der Waals surface area contributed by atoms with Gasteiger partial charge < -0.3 is 9.88 Å². The van der Waals surface area contributed by atoms with Crippen molar-refractivity contribution in [1.29, 1.82) is 0 Å². The summed E-state index contributed by atoms with van der Waals surface area (Å²) < 4.78 is 41.5. The van der Waals surface area contributed by atoms with Crippen LogP contribution in [0.5, 0.6) is 0 Å². The molecule has 0 spiro atoms. The zero-order chi connectivity index (χ0) is 12.7. The largest absolute Gasteiger partial charge is 0.402 e. The fourth-order valence-corrected chi connectivity index (χ4v) is 2.37. The van der Waals surface area contributed by atoms with Gasteiger partial charge in [-0.15, -0.1) is 10.2 Å². The van der Waals surface area contributed by atoms with Crippen molar-refractivity contribution in [2.45, 2.75) is 38.4 Å². The summed E-state index contributed by atoms with van der Waals surface area (Å²) in [7, 11) is 0. The molecule has 0 radical (unpaired) electrons. The maximum Gasteiger partial charge on any atom is 0.402 e. The van der Waals surface area contributed by atoms with Crippen molar-refractivity contribution in [2.75, 3.05) is 13.1 Å². The number of halogens is 3. The van der Waals surface area contributed by atoms with E-state index < -0.39 is 11.6 Å². The molecule has 2 heterocycles. The number of hydrogen-bond acceptors (Lipinski definition) is 3. The lowest BCUT2D eigenvalue weighted by molar-refractivity contribution is -0.188. The second kappa shape index (κ2) is 3.97. The Bertz CT molecular complexity index is 404. The Hall–Kier alpha value is -1.11. The molecular weight excluding hydrogens is 233 g/mol. The van der Waals surface area contributed by atoms with Gasteiger partial charge in [-0.1, -0.05) is 0 Å². The molecule has 0 aromatic carbocycles. The Morgan fingerprint density at radius 2 is 2.12 bits per heavy atom. The summed E-state index contributed by atoms with van der Waals surface area (Å²) in [4.78, 5) is 0. The van der Waals surface area contributed by atoms with Gasteiger partial charge in [0, 0.05) is 13.1 Å². The fourth-order valence-electron chi connectivity index (χ4n) is 2.37. The second-order valence-corrected chi connectivity index (χ2v) is 4.32. The maximum absolute atomic E-state index is 13.3. The van der Waals surface area contributed by atoms with E-state index in [-0.39, 0.29) is 18.8 Å². The first kappa shape index (κ1) is 12.3. The molecule has 4 nitrogen and oxygen atoms in total. The van der Waals surface area contributed by atoms with Gasteiger partial charge in [0.2, 0.25) is 0 Å². The molecule has 96 valence electrons. The van der Waals surface area contributed by atoms with Crippen molar-refractivity contribution in [3.05, 3.63) is 11.6 Å². The number of aryl methyl sites for hydroxylation is 1. The summed E-state index contributed by atoms with van der Waals surface area (Å²) in [5.41, 5.74) is -1.88. The molecule has 1 saturated heterocycles. The summed E-state index contributed by atoms with van der Waals surface area (Å²) >= 11 is 0. The van der Waals surface area contributed by atoms with Gasteiger partial charge >= 0.3 is 6.18 Å². The lowest BCUT2D eigenvalue weighted by Crippen LogP contribution is -2.46. The molecule has 1 aromatic heterocycles. The van der Waals surface area contributed by atoms with Crippen LogP contribution in [0.4, 0.5) is 13.2 Å². The van der Waals surface area contributed by atoms with Crippen LogP contribution < -0.4 is 5.32 Å².